The molecule has 0 saturated carbocycles. The van der Waals surface area contributed by atoms with Gasteiger partial charge in [-0.05, 0) is 24.3 Å². The first-order valence-corrected chi connectivity index (χ1v) is 7.74. The highest BCUT2D eigenvalue weighted by Gasteiger charge is 2.37. The Morgan fingerprint density at radius 3 is 2.07 bits per heavy atom. The van der Waals surface area contributed by atoms with Gasteiger partial charge in [-0.25, -0.2) is 4.79 Å². The molecule has 10 heteroatoms. The second-order valence-corrected chi connectivity index (χ2v) is 5.86. The third kappa shape index (κ3) is 3.90. The summed E-state index contributed by atoms with van der Waals surface area (Å²) in [5, 5.41) is 12.1. The molecule has 0 radical (unpaired) electrons. The number of furan rings is 1. The molecule has 148 valence electrons. The van der Waals surface area contributed by atoms with E-state index in [2.05, 4.69) is 5.32 Å². The van der Waals surface area contributed by atoms with Crippen molar-refractivity contribution in [3.05, 3.63) is 64.9 Å². The van der Waals surface area contributed by atoms with E-state index in [9.17, 15) is 36.2 Å². The van der Waals surface area contributed by atoms with Gasteiger partial charge in [0.25, 0.3) is 0 Å². The van der Waals surface area contributed by atoms with Crippen molar-refractivity contribution in [3.63, 3.8) is 0 Å². The number of carboxylic acid groups (broad SMARTS) is 1. The van der Waals surface area contributed by atoms with Crippen molar-refractivity contribution >= 4 is 22.6 Å². The van der Waals surface area contributed by atoms with Crippen LogP contribution in [0.15, 0.2) is 46.9 Å². The molecular formula is C18H11F6NO3. The van der Waals surface area contributed by atoms with E-state index in [4.69, 9.17) is 4.42 Å². The molecule has 0 saturated heterocycles. The average Bonchev–Trinajstić information content (AvgIpc) is 2.97. The summed E-state index contributed by atoms with van der Waals surface area (Å²) in [7, 11) is 0. The molecule has 0 amide bonds. The van der Waals surface area contributed by atoms with Gasteiger partial charge in [0.15, 0.2) is 0 Å². The second-order valence-electron chi connectivity index (χ2n) is 5.86. The lowest BCUT2D eigenvalue weighted by Gasteiger charge is -2.15. The summed E-state index contributed by atoms with van der Waals surface area (Å²) in [6.45, 7) is -0.350. The van der Waals surface area contributed by atoms with Crippen LogP contribution in [-0.2, 0) is 18.9 Å². The van der Waals surface area contributed by atoms with Gasteiger partial charge in [-0.15, -0.1) is 0 Å². The first-order chi connectivity index (χ1) is 13.0. The quantitative estimate of drug-likeness (QED) is 0.542. The molecule has 0 aliphatic heterocycles. The number of fused-ring (bicyclic) bond motifs is 1. The van der Waals surface area contributed by atoms with Gasteiger partial charge >= 0.3 is 18.3 Å². The number of anilines is 1. The second kappa shape index (κ2) is 6.77. The van der Waals surface area contributed by atoms with Gasteiger partial charge in [-0.2, -0.15) is 26.3 Å². The zero-order valence-electron chi connectivity index (χ0n) is 13.8. The first-order valence-electron chi connectivity index (χ1n) is 7.74. The molecule has 3 aromatic rings. The Balaban J connectivity index is 2.00. The number of hydrogen-bond donors (Lipinski definition) is 2. The molecule has 0 unspecified atom stereocenters. The van der Waals surface area contributed by atoms with Crippen molar-refractivity contribution in [1.82, 2.24) is 0 Å². The summed E-state index contributed by atoms with van der Waals surface area (Å²) >= 11 is 0. The highest BCUT2D eigenvalue weighted by atomic mass is 19.4. The van der Waals surface area contributed by atoms with E-state index >= 15 is 0 Å². The normalized spacial score (nSPS) is 12.4. The average molecular weight is 403 g/mol. The van der Waals surface area contributed by atoms with Crippen LogP contribution >= 0.6 is 0 Å². The van der Waals surface area contributed by atoms with Gasteiger partial charge in [0, 0.05) is 23.2 Å². The van der Waals surface area contributed by atoms with E-state index in [1.165, 1.54) is 12.1 Å². The third-order valence-corrected chi connectivity index (χ3v) is 3.95. The molecule has 0 bridgehead atoms. The van der Waals surface area contributed by atoms with Crippen LogP contribution in [0.1, 0.15) is 27.2 Å². The number of carbonyl (C=O) groups is 1. The predicted molar refractivity (Wildman–Crippen MR) is 86.9 cm³/mol. The van der Waals surface area contributed by atoms with Crippen molar-refractivity contribution in [2.24, 2.45) is 0 Å². The molecule has 1 heterocycles. The third-order valence-electron chi connectivity index (χ3n) is 3.95. The largest absolute Gasteiger partial charge is 0.475 e. The van der Waals surface area contributed by atoms with Crippen molar-refractivity contribution in [2.45, 2.75) is 18.9 Å². The van der Waals surface area contributed by atoms with Gasteiger partial charge in [0.1, 0.15) is 5.58 Å². The van der Waals surface area contributed by atoms with Crippen LogP contribution in [0, 0.1) is 0 Å². The van der Waals surface area contributed by atoms with Crippen LogP contribution in [-0.4, -0.2) is 11.1 Å². The topological polar surface area (TPSA) is 62.5 Å². The van der Waals surface area contributed by atoms with E-state index in [1.807, 2.05) is 0 Å². The minimum atomic E-state index is -4.98. The molecule has 1 aromatic heterocycles. The number of hydrogen-bond acceptors (Lipinski definition) is 3. The Labute approximate surface area is 153 Å². The molecule has 2 aromatic carbocycles. The summed E-state index contributed by atoms with van der Waals surface area (Å²) in [5.41, 5.74) is -3.06. The molecule has 0 aliphatic rings. The number of benzene rings is 2. The van der Waals surface area contributed by atoms with E-state index in [0.29, 0.717) is 17.5 Å². The summed E-state index contributed by atoms with van der Waals surface area (Å²) in [4.78, 5) is 11.4. The van der Waals surface area contributed by atoms with Crippen LogP contribution < -0.4 is 5.32 Å². The van der Waals surface area contributed by atoms with Crippen LogP contribution in [0.2, 0.25) is 0 Å². The lowest BCUT2D eigenvalue weighted by atomic mass is 10.1. The standard InChI is InChI=1S/C18H11F6NO3/c19-17(20,21)9-5-10(18(22,23)24)7-11(6-9)25-8-13-12-3-1-2-4-14(12)28-15(13)16(26)27/h1-7,25H,8H2,(H,26,27). The Bertz CT molecular complexity index is 1000. The summed E-state index contributed by atoms with van der Waals surface area (Å²) < 4.78 is 82.8. The maximum absolute atomic E-state index is 12.9. The van der Waals surface area contributed by atoms with Gasteiger partial charge < -0.3 is 14.8 Å². The van der Waals surface area contributed by atoms with Crippen LogP contribution in [0.3, 0.4) is 0 Å². The summed E-state index contributed by atoms with van der Waals surface area (Å²) in [6.07, 6.45) is -9.96. The molecular weight excluding hydrogens is 392 g/mol. The number of nitrogens with one attached hydrogen (secondary N) is 1. The van der Waals surface area contributed by atoms with Crippen LogP contribution in [0.5, 0.6) is 0 Å². The number of aromatic carboxylic acids is 1. The number of halogens is 6. The van der Waals surface area contributed by atoms with Crippen molar-refractivity contribution in [1.29, 1.82) is 0 Å². The predicted octanol–water partition coefficient (Wildman–Crippen LogP) is 5.78. The van der Waals surface area contributed by atoms with Gasteiger partial charge in [0.05, 0.1) is 11.1 Å². The lowest BCUT2D eigenvalue weighted by molar-refractivity contribution is -0.143. The van der Waals surface area contributed by atoms with E-state index < -0.39 is 40.9 Å². The highest BCUT2D eigenvalue weighted by Crippen LogP contribution is 2.38. The zero-order valence-corrected chi connectivity index (χ0v) is 13.8. The minimum absolute atomic E-state index is 0.0150. The highest BCUT2D eigenvalue weighted by molar-refractivity contribution is 5.95. The fourth-order valence-corrected chi connectivity index (χ4v) is 2.69. The number of rotatable bonds is 4. The van der Waals surface area contributed by atoms with E-state index in [-0.39, 0.29) is 23.8 Å². The van der Waals surface area contributed by atoms with Crippen molar-refractivity contribution < 1.29 is 40.7 Å². The van der Waals surface area contributed by atoms with Gasteiger partial charge in [-0.3, -0.25) is 0 Å². The molecule has 0 fully saturated rings. The SMILES string of the molecule is O=C(O)c1oc2ccccc2c1CNc1cc(C(F)(F)F)cc(C(F)(F)F)c1. The Morgan fingerprint density at radius 1 is 0.964 bits per heavy atom. The monoisotopic (exact) mass is 403 g/mol. The maximum Gasteiger partial charge on any atom is 0.416 e. The van der Waals surface area contributed by atoms with Gasteiger partial charge in [0.2, 0.25) is 5.76 Å². The Morgan fingerprint density at radius 2 is 1.54 bits per heavy atom. The Hall–Kier alpha value is -3.17. The van der Waals surface area contributed by atoms with E-state index in [1.54, 1.807) is 12.1 Å². The van der Waals surface area contributed by atoms with Crippen LogP contribution in [0.4, 0.5) is 32.0 Å². The number of carboxylic acids is 1. The Kier molecular flexibility index (Phi) is 4.74. The summed E-state index contributed by atoms with van der Waals surface area (Å²) in [5.74, 6) is -1.86. The first kappa shape index (κ1) is 19.6. The molecule has 0 atom stereocenters. The molecule has 0 spiro atoms. The van der Waals surface area contributed by atoms with E-state index in [0.717, 1.165) is 0 Å². The molecule has 3 rings (SSSR count). The lowest BCUT2D eigenvalue weighted by Crippen LogP contribution is -2.12. The smallest absolute Gasteiger partial charge is 0.416 e. The maximum atomic E-state index is 12.9. The number of para-hydroxylation sites is 1. The van der Waals surface area contributed by atoms with Crippen molar-refractivity contribution in [2.75, 3.05) is 5.32 Å². The molecule has 4 nitrogen and oxygen atoms in total. The van der Waals surface area contributed by atoms with Crippen LogP contribution in [0.25, 0.3) is 11.0 Å². The number of alkyl halides is 6. The zero-order chi connectivity index (χ0) is 20.7. The molecule has 28 heavy (non-hydrogen) atoms. The van der Waals surface area contributed by atoms with Gasteiger partial charge in [-0.1, -0.05) is 18.2 Å². The fraction of sp³-hybridized carbons (Fsp3) is 0.167. The molecule has 2 N–H and O–H groups in total. The fourth-order valence-electron chi connectivity index (χ4n) is 2.69. The minimum Gasteiger partial charge on any atom is -0.475 e. The molecule has 0 aliphatic carbocycles. The van der Waals surface area contributed by atoms with Crippen molar-refractivity contribution in [3.8, 4) is 0 Å². The summed E-state index contributed by atoms with van der Waals surface area (Å²) in [6, 6.07) is 7.29.